The molecule has 1 N–H and O–H groups in total. The summed E-state index contributed by atoms with van der Waals surface area (Å²) in [4.78, 5) is 18.6. The minimum atomic E-state index is -0.174. The highest BCUT2D eigenvalue weighted by Gasteiger charge is 2.25. The molecule has 0 aromatic carbocycles. The van der Waals surface area contributed by atoms with E-state index in [1.54, 1.807) is 6.33 Å². The largest absolute Gasteiger partial charge is 0.341 e. The number of hydrogen-bond acceptors (Lipinski definition) is 3. The van der Waals surface area contributed by atoms with E-state index in [1.807, 2.05) is 22.6 Å². The lowest BCUT2D eigenvalue weighted by Crippen LogP contribution is -2.37. The van der Waals surface area contributed by atoms with Gasteiger partial charge >= 0.3 is 0 Å². The van der Waals surface area contributed by atoms with Crippen molar-refractivity contribution < 1.29 is 4.79 Å². The van der Waals surface area contributed by atoms with Crippen LogP contribution in [0, 0.1) is 0 Å². The first-order valence-corrected chi connectivity index (χ1v) is 7.43. The third-order valence-electron chi connectivity index (χ3n) is 3.74. The van der Waals surface area contributed by atoms with Gasteiger partial charge in [-0.05, 0) is 40.5 Å². The van der Waals surface area contributed by atoms with Gasteiger partial charge in [0.1, 0.15) is 6.04 Å². The predicted octanol–water partition coefficient (Wildman–Crippen LogP) is 1.95. The Hall–Kier alpha value is -1.36. The topological polar surface area (TPSA) is 50.2 Å². The van der Waals surface area contributed by atoms with Crippen molar-refractivity contribution in [1.82, 2.24) is 19.8 Å². The molecule has 1 aromatic heterocycles. The summed E-state index contributed by atoms with van der Waals surface area (Å²) in [5, 5.41) is 3.44. The quantitative estimate of drug-likeness (QED) is 0.916. The van der Waals surface area contributed by atoms with E-state index in [9.17, 15) is 4.79 Å². The van der Waals surface area contributed by atoms with Crippen molar-refractivity contribution in [2.75, 3.05) is 13.1 Å². The molecule has 2 rings (SSSR count). The van der Waals surface area contributed by atoms with Gasteiger partial charge in [-0.2, -0.15) is 0 Å². The van der Waals surface area contributed by atoms with Gasteiger partial charge in [0.25, 0.3) is 0 Å². The van der Waals surface area contributed by atoms with Crippen molar-refractivity contribution in [3.8, 4) is 0 Å². The fourth-order valence-corrected chi connectivity index (χ4v) is 2.49. The zero-order valence-corrected chi connectivity index (χ0v) is 13.0. The maximum Gasteiger partial charge on any atom is 0.245 e. The molecule has 2 heterocycles. The number of carbonyl (C=O) groups excluding carboxylic acids is 1. The maximum absolute atomic E-state index is 12.5. The fourth-order valence-electron chi connectivity index (χ4n) is 2.49. The molecule has 0 bridgehead atoms. The second kappa shape index (κ2) is 5.95. The van der Waals surface area contributed by atoms with Crippen LogP contribution in [0.2, 0.25) is 0 Å². The van der Waals surface area contributed by atoms with E-state index in [0.717, 1.165) is 38.2 Å². The minimum absolute atomic E-state index is 0.0529. The second-order valence-electron chi connectivity index (χ2n) is 6.60. The Bertz CT molecular complexity index is 455. The summed E-state index contributed by atoms with van der Waals surface area (Å²) in [7, 11) is 0. The number of rotatable bonds is 4. The number of carbonyl (C=O) groups is 1. The molecule has 5 heteroatoms. The molecular weight excluding hydrogens is 252 g/mol. The number of amides is 1. The van der Waals surface area contributed by atoms with Gasteiger partial charge in [-0.3, -0.25) is 4.79 Å². The summed E-state index contributed by atoms with van der Waals surface area (Å²) >= 11 is 0. The van der Waals surface area contributed by atoms with Gasteiger partial charge in [0, 0.05) is 31.4 Å². The van der Waals surface area contributed by atoms with E-state index in [0.29, 0.717) is 0 Å². The molecule has 0 saturated carbocycles. The number of nitrogens with zero attached hydrogens (tertiary/aromatic N) is 3. The van der Waals surface area contributed by atoms with Crippen LogP contribution in [-0.2, 0) is 11.3 Å². The van der Waals surface area contributed by atoms with Crippen molar-refractivity contribution in [3.05, 3.63) is 18.2 Å². The van der Waals surface area contributed by atoms with E-state index < -0.39 is 0 Å². The number of aromatic nitrogens is 2. The minimum Gasteiger partial charge on any atom is -0.341 e. The SMILES string of the molecule is CC(C(=O)N1CCCC1)n1cncc1CNC(C)(C)C. The molecule has 1 atom stereocenters. The van der Waals surface area contributed by atoms with Crippen LogP contribution in [-0.4, -0.2) is 39.0 Å². The van der Waals surface area contributed by atoms with E-state index in [4.69, 9.17) is 0 Å². The van der Waals surface area contributed by atoms with Crippen LogP contribution in [0.1, 0.15) is 52.3 Å². The van der Waals surface area contributed by atoms with Gasteiger partial charge in [0.05, 0.1) is 12.0 Å². The van der Waals surface area contributed by atoms with Crippen LogP contribution in [0.15, 0.2) is 12.5 Å². The predicted molar refractivity (Wildman–Crippen MR) is 79.3 cm³/mol. The molecule has 0 spiro atoms. The van der Waals surface area contributed by atoms with Crippen LogP contribution >= 0.6 is 0 Å². The lowest BCUT2D eigenvalue weighted by molar-refractivity contribution is -0.133. The highest BCUT2D eigenvalue weighted by atomic mass is 16.2. The van der Waals surface area contributed by atoms with Crippen LogP contribution in [0.3, 0.4) is 0 Å². The molecule has 1 amide bonds. The molecule has 1 fully saturated rings. The number of imidazole rings is 1. The average Bonchev–Trinajstić information content (AvgIpc) is 3.04. The molecule has 1 unspecified atom stereocenters. The van der Waals surface area contributed by atoms with Gasteiger partial charge in [-0.15, -0.1) is 0 Å². The Morgan fingerprint density at radius 1 is 1.40 bits per heavy atom. The Morgan fingerprint density at radius 2 is 2.05 bits per heavy atom. The molecule has 20 heavy (non-hydrogen) atoms. The Balaban J connectivity index is 2.04. The monoisotopic (exact) mass is 278 g/mol. The lowest BCUT2D eigenvalue weighted by atomic mass is 10.1. The summed E-state index contributed by atoms with van der Waals surface area (Å²) in [6, 6.07) is -0.174. The number of nitrogens with one attached hydrogen (secondary N) is 1. The molecule has 1 saturated heterocycles. The van der Waals surface area contributed by atoms with E-state index >= 15 is 0 Å². The zero-order chi connectivity index (χ0) is 14.8. The van der Waals surface area contributed by atoms with Crippen LogP contribution < -0.4 is 5.32 Å². The van der Waals surface area contributed by atoms with E-state index in [-0.39, 0.29) is 17.5 Å². The fraction of sp³-hybridized carbons (Fsp3) is 0.733. The first-order valence-electron chi connectivity index (χ1n) is 7.43. The maximum atomic E-state index is 12.5. The van der Waals surface area contributed by atoms with Gasteiger partial charge in [-0.25, -0.2) is 4.98 Å². The Labute approximate surface area is 121 Å². The average molecular weight is 278 g/mol. The van der Waals surface area contributed by atoms with Crippen LogP contribution in [0.25, 0.3) is 0 Å². The van der Waals surface area contributed by atoms with Gasteiger partial charge in [0.2, 0.25) is 5.91 Å². The normalized spacial score (nSPS) is 17.5. The van der Waals surface area contributed by atoms with Gasteiger partial charge in [-0.1, -0.05) is 0 Å². The molecule has 112 valence electrons. The van der Waals surface area contributed by atoms with Crippen molar-refractivity contribution in [2.45, 2.75) is 58.7 Å². The van der Waals surface area contributed by atoms with Gasteiger partial charge in [0.15, 0.2) is 0 Å². The molecule has 1 aliphatic heterocycles. The first-order chi connectivity index (χ1) is 9.38. The smallest absolute Gasteiger partial charge is 0.245 e. The Morgan fingerprint density at radius 3 is 2.65 bits per heavy atom. The van der Waals surface area contributed by atoms with E-state index in [2.05, 4.69) is 31.1 Å². The molecule has 0 aliphatic carbocycles. The molecule has 0 radical (unpaired) electrons. The van der Waals surface area contributed by atoms with Crippen LogP contribution in [0.4, 0.5) is 0 Å². The first kappa shape index (κ1) is 15.0. The summed E-state index contributed by atoms with van der Waals surface area (Å²) in [6.45, 7) is 10.9. The van der Waals surface area contributed by atoms with Crippen molar-refractivity contribution in [3.63, 3.8) is 0 Å². The summed E-state index contributed by atoms with van der Waals surface area (Å²) in [5.74, 6) is 0.206. The molecule has 5 nitrogen and oxygen atoms in total. The summed E-state index contributed by atoms with van der Waals surface area (Å²) in [6.07, 6.45) is 5.85. The van der Waals surface area contributed by atoms with Gasteiger partial charge < -0.3 is 14.8 Å². The van der Waals surface area contributed by atoms with Crippen molar-refractivity contribution in [2.24, 2.45) is 0 Å². The third-order valence-corrected chi connectivity index (χ3v) is 3.74. The number of likely N-dealkylation sites (tertiary alicyclic amines) is 1. The van der Waals surface area contributed by atoms with E-state index in [1.165, 1.54) is 0 Å². The highest BCUT2D eigenvalue weighted by Crippen LogP contribution is 2.17. The second-order valence-corrected chi connectivity index (χ2v) is 6.60. The molecule has 1 aliphatic rings. The summed E-state index contributed by atoms with van der Waals surface area (Å²) in [5.41, 5.74) is 1.11. The van der Waals surface area contributed by atoms with Crippen molar-refractivity contribution in [1.29, 1.82) is 0 Å². The standard InChI is InChI=1S/C15H26N4O/c1-12(14(20)18-7-5-6-8-18)19-11-16-9-13(19)10-17-15(2,3)4/h9,11-12,17H,5-8,10H2,1-4H3. The summed E-state index contributed by atoms with van der Waals surface area (Å²) < 4.78 is 1.99. The Kier molecular flexibility index (Phi) is 4.48. The zero-order valence-electron chi connectivity index (χ0n) is 13.0. The number of hydrogen-bond donors (Lipinski definition) is 1. The lowest BCUT2D eigenvalue weighted by Gasteiger charge is -2.24. The molecular formula is C15H26N4O. The highest BCUT2D eigenvalue weighted by molar-refractivity contribution is 5.80. The molecule has 1 aromatic rings. The van der Waals surface area contributed by atoms with Crippen molar-refractivity contribution >= 4 is 5.91 Å². The van der Waals surface area contributed by atoms with Crippen LogP contribution in [0.5, 0.6) is 0 Å². The third kappa shape index (κ3) is 3.60.